The van der Waals surface area contributed by atoms with Gasteiger partial charge >= 0.3 is 0 Å². The van der Waals surface area contributed by atoms with Crippen LogP contribution in [0.1, 0.15) is 22.5 Å². The first-order valence-corrected chi connectivity index (χ1v) is 10.9. The van der Waals surface area contributed by atoms with Crippen molar-refractivity contribution in [1.29, 1.82) is 0 Å². The largest absolute Gasteiger partial charge is 0.356 e. The van der Waals surface area contributed by atoms with E-state index in [0.717, 1.165) is 31.2 Å². The molecule has 2 aliphatic heterocycles. The van der Waals surface area contributed by atoms with Gasteiger partial charge < -0.3 is 20.1 Å². The molecule has 1 saturated heterocycles. The second-order valence-corrected chi connectivity index (χ2v) is 8.39. The number of rotatable bonds is 4. The van der Waals surface area contributed by atoms with Gasteiger partial charge in [0, 0.05) is 30.5 Å². The molecule has 1 amide bonds. The number of nitrogens with zero attached hydrogens (tertiary/aromatic N) is 3. The van der Waals surface area contributed by atoms with E-state index in [1.807, 2.05) is 12.2 Å². The Bertz CT molecular complexity index is 1390. The molecule has 0 spiro atoms. The molecule has 0 radical (unpaired) electrons. The zero-order chi connectivity index (χ0) is 22.5. The highest BCUT2D eigenvalue weighted by atomic mass is 19.1. The van der Waals surface area contributed by atoms with Gasteiger partial charge in [-0.3, -0.25) is 4.79 Å². The topological polar surface area (TPSA) is 61.7 Å². The van der Waals surface area contributed by atoms with Crippen molar-refractivity contribution in [3.8, 4) is 0 Å². The second-order valence-electron chi connectivity index (χ2n) is 8.39. The van der Waals surface area contributed by atoms with Crippen molar-refractivity contribution >= 4 is 22.8 Å². The van der Waals surface area contributed by atoms with Gasteiger partial charge in [0.2, 0.25) is 0 Å². The predicted octanol–water partition coefficient (Wildman–Crippen LogP) is 3.51. The van der Waals surface area contributed by atoms with Crippen LogP contribution >= 0.6 is 0 Å². The standard InChI is InChI=1S/C25H21F2N5O/c26-17-4-1-3-15(11-17)14-32-21-8-5-18(27)12-16(21)13-22(32)24(33)29-19-6-7-20-23(19)31-10-2-9-28-25(31)30-20/h1,3-8,11-13,20H,2,9-10,14H2,(H,28,30)(H,29,33). The summed E-state index contributed by atoms with van der Waals surface area (Å²) in [6.07, 6.45) is 4.84. The summed E-state index contributed by atoms with van der Waals surface area (Å²) < 4.78 is 29.5. The van der Waals surface area contributed by atoms with Gasteiger partial charge in [0.15, 0.2) is 5.96 Å². The van der Waals surface area contributed by atoms with Gasteiger partial charge in [0.25, 0.3) is 5.91 Å². The Labute approximate surface area is 188 Å². The Kier molecular flexibility index (Phi) is 4.53. The van der Waals surface area contributed by atoms with Gasteiger partial charge in [0.05, 0.1) is 11.4 Å². The van der Waals surface area contributed by atoms with Crippen molar-refractivity contribution in [3.63, 3.8) is 0 Å². The molecular weight excluding hydrogens is 424 g/mol. The lowest BCUT2D eigenvalue weighted by Crippen LogP contribution is -2.45. The van der Waals surface area contributed by atoms with Gasteiger partial charge in [-0.2, -0.15) is 0 Å². The molecule has 1 atom stereocenters. The summed E-state index contributed by atoms with van der Waals surface area (Å²) in [5, 5.41) is 6.95. The number of allylic oxidation sites excluding steroid dienone is 1. The number of fused-ring (bicyclic) bond motifs is 4. The van der Waals surface area contributed by atoms with E-state index in [9.17, 15) is 13.6 Å². The number of carbonyl (C=O) groups is 1. The summed E-state index contributed by atoms with van der Waals surface area (Å²) in [6, 6.07) is 12.2. The maximum atomic E-state index is 13.9. The van der Waals surface area contributed by atoms with Crippen molar-refractivity contribution in [2.24, 2.45) is 4.99 Å². The molecule has 166 valence electrons. The van der Waals surface area contributed by atoms with Crippen molar-refractivity contribution in [3.05, 3.63) is 95.0 Å². The normalized spacial score (nSPS) is 18.9. The van der Waals surface area contributed by atoms with E-state index in [1.54, 1.807) is 28.8 Å². The second kappa shape index (κ2) is 7.58. The summed E-state index contributed by atoms with van der Waals surface area (Å²) in [5.41, 5.74) is 3.46. The van der Waals surface area contributed by atoms with E-state index in [2.05, 4.69) is 20.5 Å². The number of aromatic nitrogens is 1. The number of carbonyl (C=O) groups excluding carboxylic acids is 1. The third-order valence-corrected chi connectivity index (χ3v) is 6.22. The van der Waals surface area contributed by atoms with Crippen LogP contribution in [0.3, 0.4) is 0 Å². The van der Waals surface area contributed by atoms with E-state index in [-0.39, 0.29) is 30.1 Å². The smallest absolute Gasteiger partial charge is 0.272 e. The molecule has 1 unspecified atom stereocenters. The number of amides is 1. The molecule has 3 heterocycles. The Balaban J connectivity index is 1.37. The number of aliphatic imine (C=N–C) groups is 1. The lowest BCUT2D eigenvalue weighted by molar-refractivity contribution is 0.0958. The molecule has 6 rings (SSSR count). The van der Waals surface area contributed by atoms with Gasteiger partial charge in [-0.1, -0.05) is 18.2 Å². The minimum atomic E-state index is -0.378. The van der Waals surface area contributed by atoms with Crippen LogP contribution in [0.25, 0.3) is 10.9 Å². The fourth-order valence-corrected chi connectivity index (χ4v) is 4.76. The van der Waals surface area contributed by atoms with Gasteiger partial charge in [-0.15, -0.1) is 0 Å². The number of hydrogen-bond donors (Lipinski definition) is 2. The van der Waals surface area contributed by atoms with E-state index in [0.29, 0.717) is 27.9 Å². The molecule has 33 heavy (non-hydrogen) atoms. The number of nitrogens with one attached hydrogen (secondary N) is 2. The van der Waals surface area contributed by atoms with Crippen molar-refractivity contribution in [2.45, 2.75) is 19.0 Å². The number of benzene rings is 2. The molecule has 8 heteroatoms. The van der Waals surface area contributed by atoms with Crippen LogP contribution in [-0.4, -0.2) is 40.5 Å². The third-order valence-electron chi connectivity index (χ3n) is 6.22. The summed E-state index contributed by atoms with van der Waals surface area (Å²) in [6.45, 7) is 2.01. The first-order chi connectivity index (χ1) is 16.1. The first kappa shape index (κ1) is 19.7. The van der Waals surface area contributed by atoms with Crippen LogP contribution in [0.4, 0.5) is 8.78 Å². The summed E-state index contributed by atoms with van der Waals surface area (Å²) >= 11 is 0. The van der Waals surface area contributed by atoms with Crippen LogP contribution in [-0.2, 0) is 6.54 Å². The predicted molar refractivity (Wildman–Crippen MR) is 122 cm³/mol. The van der Waals surface area contributed by atoms with Crippen LogP contribution in [0.15, 0.2) is 77.1 Å². The molecule has 0 saturated carbocycles. The number of hydrogen-bond acceptors (Lipinski definition) is 4. The van der Waals surface area contributed by atoms with Crippen LogP contribution < -0.4 is 10.6 Å². The quantitative estimate of drug-likeness (QED) is 0.646. The Morgan fingerprint density at radius 2 is 2.03 bits per heavy atom. The van der Waals surface area contributed by atoms with E-state index in [4.69, 9.17) is 0 Å². The molecule has 3 aliphatic rings. The molecule has 2 aromatic carbocycles. The van der Waals surface area contributed by atoms with Crippen LogP contribution in [0.5, 0.6) is 0 Å². The Morgan fingerprint density at radius 1 is 1.15 bits per heavy atom. The highest BCUT2D eigenvalue weighted by Gasteiger charge is 2.36. The lowest BCUT2D eigenvalue weighted by Gasteiger charge is -2.28. The molecular formula is C25H21F2N5O. The number of guanidine groups is 1. The highest BCUT2D eigenvalue weighted by molar-refractivity contribution is 6.00. The van der Waals surface area contributed by atoms with Crippen molar-refractivity contribution < 1.29 is 13.6 Å². The highest BCUT2D eigenvalue weighted by Crippen LogP contribution is 2.31. The average molecular weight is 445 g/mol. The fraction of sp³-hybridized carbons (Fsp3) is 0.200. The molecule has 6 nitrogen and oxygen atoms in total. The Morgan fingerprint density at radius 3 is 2.91 bits per heavy atom. The van der Waals surface area contributed by atoms with Gasteiger partial charge in [0.1, 0.15) is 23.4 Å². The molecule has 1 aromatic heterocycles. The maximum absolute atomic E-state index is 13.9. The first-order valence-electron chi connectivity index (χ1n) is 10.9. The third kappa shape index (κ3) is 3.38. The average Bonchev–Trinajstić information content (AvgIpc) is 3.46. The van der Waals surface area contributed by atoms with E-state index < -0.39 is 0 Å². The molecule has 3 aromatic rings. The minimum absolute atomic E-state index is 0.104. The van der Waals surface area contributed by atoms with Crippen LogP contribution in [0, 0.1) is 11.6 Å². The van der Waals surface area contributed by atoms with E-state index in [1.165, 1.54) is 24.3 Å². The Hall–Kier alpha value is -3.94. The monoisotopic (exact) mass is 445 g/mol. The minimum Gasteiger partial charge on any atom is -0.356 e. The molecule has 1 fully saturated rings. The summed E-state index contributed by atoms with van der Waals surface area (Å²) in [4.78, 5) is 20.2. The van der Waals surface area contributed by atoms with Gasteiger partial charge in [-0.25, -0.2) is 13.8 Å². The number of halogens is 2. The molecule has 2 N–H and O–H groups in total. The summed E-state index contributed by atoms with van der Waals surface area (Å²) in [7, 11) is 0. The molecule has 0 bridgehead atoms. The van der Waals surface area contributed by atoms with Crippen LogP contribution in [0.2, 0.25) is 0 Å². The zero-order valence-corrected chi connectivity index (χ0v) is 17.7. The van der Waals surface area contributed by atoms with Gasteiger partial charge in [-0.05, 0) is 54.5 Å². The SMILES string of the molecule is O=C(NC1=C2C(C=C1)N=C1NCCCN12)c1cc2cc(F)ccc2n1Cc1cccc(F)c1. The molecule has 1 aliphatic carbocycles. The fourth-order valence-electron chi connectivity index (χ4n) is 4.76. The van der Waals surface area contributed by atoms with E-state index >= 15 is 0 Å². The maximum Gasteiger partial charge on any atom is 0.272 e. The van der Waals surface area contributed by atoms with Crippen molar-refractivity contribution in [1.82, 2.24) is 20.1 Å². The summed E-state index contributed by atoms with van der Waals surface area (Å²) in [5.74, 6) is -0.193. The van der Waals surface area contributed by atoms with Crippen molar-refractivity contribution in [2.75, 3.05) is 13.1 Å². The zero-order valence-electron chi connectivity index (χ0n) is 17.7. The lowest BCUT2D eigenvalue weighted by atomic mass is 10.2.